The lowest BCUT2D eigenvalue weighted by atomic mass is 10.1. The average molecular weight is 443 g/mol. The highest BCUT2D eigenvalue weighted by molar-refractivity contribution is 6.30. The third-order valence-electron chi connectivity index (χ3n) is 5.67. The first kappa shape index (κ1) is 21.5. The van der Waals surface area contributed by atoms with Gasteiger partial charge in [0.15, 0.2) is 0 Å². The van der Waals surface area contributed by atoms with E-state index in [1.165, 1.54) is 6.07 Å². The molecule has 0 saturated carbocycles. The second-order valence-electron chi connectivity index (χ2n) is 7.79. The summed E-state index contributed by atoms with van der Waals surface area (Å²) in [6, 6.07) is 11.8. The van der Waals surface area contributed by atoms with Crippen LogP contribution < -0.4 is 0 Å². The SMILES string of the molecule is Cc1ccc(-c2noc(C(C)N3CCCN(C(=O)c4cccc(Cl)c4)CC3)n2)cc1F. The highest BCUT2D eigenvalue weighted by atomic mass is 35.5. The van der Waals surface area contributed by atoms with Gasteiger partial charge in [-0.3, -0.25) is 9.69 Å². The molecular formula is C23H24ClFN4O2. The van der Waals surface area contributed by atoms with E-state index in [0.717, 1.165) is 13.0 Å². The van der Waals surface area contributed by atoms with Crippen molar-refractivity contribution in [1.29, 1.82) is 0 Å². The number of halogens is 2. The summed E-state index contributed by atoms with van der Waals surface area (Å²) < 4.78 is 19.4. The highest BCUT2D eigenvalue weighted by Gasteiger charge is 2.26. The zero-order valence-electron chi connectivity index (χ0n) is 17.5. The summed E-state index contributed by atoms with van der Waals surface area (Å²) in [5.74, 6) is 0.534. The molecule has 1 amide bonds. The van der Waals surface area contributed by atoms with Gasteiger partial charge in [0.05, 0.1) is 6.04 Å². The second-order valence-corrected chi connectivity index (χ2v) is 8.22. The molecular weight excluding hydrogens is 419 g/mol. The zero-order chi connectivity index (χ0) is 22.0. The van der Waals surface area contributed by atoms with E-state index in [1.54, 1.807) is 43.3 Å². The molecule has 4 rings (SSSR count). The quantitative estimate of drug-likeness (QED) is 0.583. The first-order valence-electron chi connectivity index (χ1n) is 10.3. The number of hydrogen-bond acceptors (Lipinski definition) is 5. The van der Waals surface area contributed by atoms with Crippen molar-refractivity contribution < 1.29 is 13.7 Å². The lowest BCUT2D eigenvalue weighted by molar-refractivity contribution is 0.0757. The van der Waals surface area contributed by atoms with Crippen molar-refractivity contribution in [2.24, 2.45) is 0 Å². The molecule has 3 aromatic rings. The Morgan fingerprint density at radius 3 is 2.77 bits per heavy atom. The average Bonchev–Trinajstić information content (AvgIpc) is 3.13. The Bertz CT molecular complexity index is 1090. The summed E-state index contributed by atoms with van der Waals surface area (Å²) >= 11 is 6.03. The van der Waals surface area contributed by atoms with Gasteiger partial charge in [0.1, 0.15) is 5.82 Å². The van der Waals surface area contributed by atoms with Crippen LogP contribution in [0.2, 0.25) is 5.02 Å². The topological polar surface area (TPSA) is 62.5 Å². The summed E-state index contributed by atoms with van der Waals surface area (Å²) in [6.45, 7) is 6.47. The van der Waals surface area contributed by atoms with Crippen molar-refractivity contribution >= 4 is 17.5 Å². The van der Waals surface area contributed by atoms with Crippen LogP contribution in [0.4, 0.5) is 4.39 Å². The molecule has 1 atom stereocenters. The molecule has 0 N–H and O–H groups in total. The van der Waals surface area contributed by atoms with E-state index >= 15 is 0 Å². The highest BCUT2D eigenvalue weighted by Crippen LogP contribution is 2.25. The molecule has 1 saturated heterocycles. The summed E-state index contributed by atoms with van der Waals surface area (Å²) in [4.78, 5) is 21.4. The molecule has 1 aromatic heterocycles. The number of aromatic nitrogens is 2. The van der Waals surface area contributed by atoms with E-state index < -0.39 is 0 Å². The van der Waals surface area contributed by atoms with Crippen LogP contribution in [-0.2, 0) is 0 Å². The Hall–Kier alpha value is -2.77. The number of nitrogens with zero attached hydrogens (tertiary/aromatic N) is 4. The number of benzene rings is 2. The number of amides is 1. The Kier molecular flexibility index (Phi) is 6.34. The van der Waals surface area contributed by atoms with Crippen molar-refractivity contribution in [3.63, 3.8) is 0 Å². The van der Waals surface area contributed by atoms with E-state index in [2.05, 4.69) is 15.0 Å². The maximum atomic E-state index is 13.9. The van der Waals surface area contributed by atoms with Crippen LogP contribution in [0.25, 0.3) is 11.4 Å². The van der Waals surface area contributed by atoms with Crippen LogP contribution >= 0.6 is 11.6 Å². The first-order valence-corrected chi connectivity index (χ1v) is 10.7. The van der Waals surface area contributed by atoms with Gasteiger partial charge in [0.25, 0.3) is 5.91 Å². The third-order valence-corrected chi connectivity index (χ3v) is 5.90. The van der Waals surface area contributed by atoms with Gasteiger partial charge in [-0.1, -0.05) is 35.0 Å². The predicted octanol–water partition coefficient (Wildman–Crippen LogP) is 4.75. The molecule has 1 unspecified atom stereocenters. The lowest BCUT2D eigenvalue weighted by Crippen LogP contribution is -2.36. The molecule has 2 aromatic carbocycles. The van der Waals surface area contributed by atoms with Gasteiger partial charge in [-0.25, -0.2) is 4.39 Å². The Morgan fingerprint density at radius 2 is 2.00 bits per heavy atom. The number of aryl methyl sites for hydroxylation is 1. The number of carbonyl (C=O) groups excluding carboxylic acids is 1. The van der Waals surface area contributed by atoms with E-state index in [9.17, 15) is 9.18 Å². The number of hydrogen-bond donors (Lipinski definition) is 0. The predicted molar refractivity (Wildman–Crippen MR) is 116 cm³/mol. The molecule has 0 bridgehead atoms. The molecule has 1 aliphatic rings. The maximum Gasteiger partial charge on any atom is 0.253 e. The van der Waals surface area contributed by atoms with E-state index in [4.69, 9.17) is 16.1 Å². The third kappa shape index (κ3) is 4.78. The van der Waals surface area contributed by atoms with Gasteiger partial charge in [0.2, 0.25) is 11.7 Å². The number of rotatable bonds is 4. The summed E-state index contributed by atoms with van der Waals surface area (Å²) in [5, 5.41) is 4.58. The van der Waals surface area contributed by atoms with Crippen molar-refractivity contribution in [1.82, 2.24) is 19.9 Å². The van der Waals surface area contributed by atoms with E-state index in [1.807, 2.05) is 11.8 Å². The minimum atomic E-state index is -0.297. The minimum absolute atomic E-state index is 0.0153. The van der Waals surface area contributed by atoms with Crippen LogP contribution in [0.1, 0.15) is 41.2 Å². The molecule has 1 aliphatic heterocycles. The fourth-order valence-electron chi connectivity index (χ4n) is 3.74. The fraction of sp³-hybridized carbons (Fsp3) is 0.348. The Balaban J connectivity index is 1.43. The van der Waals surface area contributed by atoms with E-state index in [-0.39, 0.29) is 17.8 Å². The molecule has 1 fully saturated rings. The largest absolute Gasteiger partial charge is 0.337 e. The van der Waals surface area contributed by atoms with Crippen LogP contribution in [0.5, 0.6) is 0 Å². The first-order chi connectivity index (χ1) is 14.9. The second kappa shape index (κ2) is 9.16. The minimum Gasteiger partial charge on any atom is -0.337 e. The molecule has 0 spiro atoms. The number of carbonyl (C=O) groups is 1. The molecule has 8 heteroatoms. The molecule has 0 aliphatic carbocycles. The van der Waals surface area contributed by atoms with Crippen LogP contribution in [0, 0.1) is 12.7 Å². The van der Waals surface area contributed by atoms with E-state index in [0.29, 0.717) is 53.1 Å². The summed E-state index contributed by atoms with van der Waals surface area (Å²) in [5.41, 5.74) is 1.75. The van der Waals surface area contributed by atoms with Gasteiger partial charge in [-0.05, 0) is 50.1 Å². The summed E-state index contributed by atoms with van der Waals surface area (Å²) in [7, 11) is 0. The zero-order valence-corrected chi connectivity index (χ0v) is 18.3. The monoisotopic (exact) mass is 442 g/mol. The fourth-order valence-corrected chi connectivity index (χ4v) is 3.93. The standard InChI is InChI=1S/C23H24ClFN4O2/c1-15-7-8-17(14-20(15)25)21-26-22(31-27-21)16(2)28-9-4-10-29(12-11-28)23(30)18-5-3-6-19(24)13-18/h3,5-8,13-14,16H,4,9-12H2,1-2H3. The normalized spacial score (nSPS) is 16.2. The van der Waals surface area contributed by atoms with Gasteiger partial charge in [-0.2, -0.15) is 4.98 Å². The van der Waals surface area contributed by atoms with Gasteiger partial charge in [0, 0.05) is 42.3 Å². The molecule has 2 heterocycles. The van der Waals surface area contributed by atoms with Crippen molar-refractivity contribution in [2.45, 2.75) is 26.3 Å². The molecule has 31 heavy (non-hydrogen) atoms. The van der Waals surface area contributed by atoms with Crippen LogP contribution in [-0.4, -0.2) is 52.0 Å². The smallest absolute Gasteiger partial charge is 0.253 e. The van der Waals surface area contributed by atoms with Crippen molar-refractivity contribution in [2.75, 3.05) is 26.2 Å². The Morgan fingerprint density at radius 1 is 1.16 bits per heavy atom. The lowest BCUT2D eigenvalue weighted by Gasteiger charge is -2.25. The van der Waals surface area contributed by atoms with Gasteiger partial charge < -0.3 is 9.42 Å². The molecule has 6 nitrogen and oxygen atoms in total. The maximum absolute atomic E-state index is 13.9. The molecule has 162 valence electrons. The van der Waals surface area contributed by atoms with Crippen LogP contribution in [0.15, 0.2) is 47.0 Å². The van der Waals surface area contributed by atoms with Crippen LogP contribution in [0.3, 0.4) is 0 Å². The van der Waals surface area contributed by atoms with Gasteiger partial charge >= 0.3 is 0 Å². The van der Waals surface area contributed by atoms with Crippen molar-refractivity contribution in [3.8, 4) is 11.4 Å². The summed E-state index contributed by atoms with van der Waals surface area (Å²) in [6.07, 6.45) is 0.834. The Labute approximate surface area is 185 Å². The van der Waals surface area contributed by atoms with Crippen molar-refractivity contribution in [3.05, 3.63) is 70.3 Å². The van der Waals surface area contributed by atoms with Gasteiger partial charge in [-0.15, -0.1) is 0 Å². The molecule has 0 radical (unpaired) electrons.